The number of hydrogen-bond donors (Lipinski definition) is 2. The van der Waals surface area contributed by atoms with E-state index in [1.165, 1.54) is 0 Å². The first-order chi connectivity index (χ1) is 12.2. The molecule has 1 aliphatic rings. The lowest BCUT2D eigenvalue weighted by atomic mass is 10.2. The van der Waals surface area contributed by atoms with Crippen molar-refractivity contribution in [2.45, 2.75) is 39.2 Å². The number of nitrogens with one attached hydrogen (secondary N) is 2. The van der Waals surface area contributed by atoms with Gasteiger partial charge in [-0.05, 0) is 30.5 Å². The number of rotatable bonds is 9. The highest BCUT2D eigenvalue weighted by Gasteiger charge is 2.21. The Hall–Kier alpha value is -2.08. The third-order valence-corrected chi connectivity index (χ3v) is 4.19. The zero-order chi connectivity index (χ0) is 17.9. The minimum Gasteiger partial charge on any atom is -0.380 e. The van der Waals surface area contributed by atoms with Crippen LogP contribution < -0.4 is 15.5 Å². The van der Waals surface area contributed by atoms with Gasteiger partial charge in [0.05, 0.1) is 6.61 Å². The molecule has 1 fully saturated rings. The van der Waals surface area contributed by atoms with Gasteiger partial charge in [-0.1, -0.05) is 25.5 Å². The van der Waals surface area contributed by atoms with Crippen molar-refractivity contribution in [1.82, 2.24) is 10.6 Å². The molecule has 0 unspecified atom stereocenters. The maximum atomic E-state index is 11.8. The molecule has 0 atom stereocenters. The zero-order valence-corrected chi connectivity index (χ0v) is 15.4. The molecule has 0 bridgehead atoms. The molecule has 0 spiro atoms. The van der Waals surface area contributed by atoms with E-state index in [4.69, 9.17) is 4.74 Å². The highest BCUT2D eigenvalue weighted by atomic mass is 16.5. The van der Waals surface area contributed by atoms with Crippen LogP contribution in [0.15, 0.2) is 29.3 Å². The molecule has 2 N–H and O–H groups in total. The second-order valence-corrected chi connectivity index (χ2v) is 6.13. The number of aliphatic imine (C=N–C) groups is 1. The Bertz CT molecular complexity index is 557. The smallest absolute Gasteiger partial charge is 0.227 e. The van der Waals surface area contributed by atoms with Crippen LogP contribution in [0, 0.1) is 0 Å². The van der Waals surface area contributed by atoms with Crippen molar-refractivity contribution in [1.29, 1.82) is 0 Å². The monoisotopic (exact) mass is 346 g/mol. The lowest BCUT2D eigenvalue weighted by Gasteiger charge is -2.16. The first kappa shape index (κ1) is 19.2. The predicted molar refractivity (Wildman–Crippen MR) is 102 cm³/mol. The van der Waals surface area contributed by atoms with Crippen molar-refractivity contribution in [3.8, 4) is 0 Å². The molecule has 6 heteroatoms. The molecule has 0 aromatic heterocycles. The van der Waals surface area contributed by atoms with Crippen LogP contribution in [0.3, 0.4) is 0 Å². The van der Waals surface area contributed by atoms with E-state index in [-0.39, 0.29) is 5.91 Å². The topological polar surface area (TPSA) is 66.0 Å². The van der Waals surface area contributed by atoms with Gasteiger partial charge in [-0.15, -0.1) is 0 Å². The molecule has 1 aromatic rings. The SMILES string of the molecule is CCCCOCCNC(=NC)NCc1ccc(N2CCCC2=O)cc1. The van der Waals surface area contributed by atoms with E-state index >= 15 is 0 Å². The highest BCUT2D eigenvalue weighted by Crippen LogP contribution is 2.21. The molecule has 1 heterocycles. The Balaban J connectivity index is 1.71. The van der Waals surface area contributed by atoms with Crippen molar-refractivity contribution < 1.29 is 9.53 Å². The van der Waals surface area contributed by atoms with Gasteiger partial charge in [-0.25, -0.2) is 0 Å². The molecule has 1 saturated heterocycles. The normalized spacial score (nSPS) is 14.9. The fourth-order valence-corrected chi connectivity index (χ4v) is 2.71. The Kier molecular flexibility index (Phi) is 8.25. The fourth-order valence-electron chi connectivity index (χ4n) is 2.71. The van der Waals surface area contributed by atoms with Gasteiger partial charge in [0, 0.05) is 45.4 Å². The van der Waals surface area contributed by atoms with Crippen molar-refractivity contribution in [3.05, 3.63) is 29.8 Å². The summed E-state index contributed by atoms with van der Waals surface area (Å²) in [6.07, 6.45) is 3.87. The van der Waals surface area contributed by atoms with Crippen LogP contribution >= 0.6 is 0 Å². The summed E-state index contributed by atoms with van der Waals surface area (Å²) in [5.41, 5.74) is 2.13. The number of guanidine groups is 1. The van der Waals surface area contributed by atoms with Crippen LogP contribution in [-0.4, -0.2) is 45.2 Å². The number of carbonyl (C=O) groups is 1. The van der Waals surface area contributed by atoms with Crippen LogP contribution in [-0.2, 0) is 16.1 Å². The second kappa shape index (κ2) is 10.7. The van der Waals surface area contributed by atoms with Gasteiger partial charge in [0.2, 0.25) is 5.91 Å². The number of amides is 1. The third kappa shape index (κ3) is 6.38. The molecule has 138 valence electrons. The van der Waals surface area contributed by atoms with Gasteiger partial charge in [-0.3, -0.25) is 9.79 Å². The highest BCUT2D eigenvalue weighted by molar-refractivity contribution is 5.95. The van der Waals surface area contributed by atoms with E-state index < -0.39 is 0 Å². The lowest BCUT2D eigenvalue weighted by Crippen LogP contribution is -2.38. The van der Waals surface area contributed by atoms with Crippen LogP contribution in [0.4, 0.5) is 5.69 Å². The minimum atomic E-state index is 0.219. The number of benzene rings is 1. The van der Waals surface area contributed by atoms with Crippen molar-refractivity contribution in [2.24, 2.45) is 4.99 Å². The van der Waals surface area contributed by atoms with E-state index in [1.54, 1.807) is 7.05 Å². The van der Waals surface area contributed by atoms with Crippen molar-refractivity contribution >= 4 is 17.6 Å². The predicted octanol–water partition coefficient (Wildman–Crippen LogP) is 2.30. The van der Waals surface area contributed by atoms with Crippen molar-refractivity contribution in [2.75, 3.05) is 38.3 Å². The summed E-state index contributed by atoms with van der Waals surface area (Å²) in [7, 11) is 1.76. The largest absolute Gasteiger partial charge is 0.380 e. The van der Waals surface area contributed by atoms with Crippen LogP contribution in [0.2, 0.25) is 0 Å². The Morgan fingerprint density at radius 3 is 2.68 bits per heavy atom. The molecule has 6 nitrogen and oxygen atoms in total. The first-order valence-corrected chi connectivity index (χ1v) is 9.16. The molecule has 0 saturated carbocycles. The summed E-state index contributed by atoms with van der Waals surface area (Å²) >= 11 is 0. The van der Waals surface area contributed by atoms with Gasteiger partial charge in [0.25, 0.3) is 0 Å². The molecule has 1 amide bonds. The number of anilines is 1. The number of nitrogens with zero attached hydrogens (tertiary/aromatic N) is 2. The molecule has 0 radical (unpaired) electrons. The number of hydrogen-bond acceptors (Lipinski definition) is 3. The van der Waals surface area contributed by atoms with Crippen LogP contribution in [0.25, 0.3) is 0 Å². The number of ether oxygens (including phenoxy) is 1. The zero-order valence-electron chi connectivity index (χ0n) is 15.4. The van der Waals surface area contributed by atoms with Crippen molar-refractivity contribution in [3.63, 3.8) is 0 Å². The molecule has 2 rings (SSSR count). The maximum Gasteiger partial charge on any atom is 0.227 e. The Morgan fingerprint density at radius 2 is 2.04 bits per heavy atom. The van der Waals surface area contributed by atoms with Gasteiger partial charge in [0.15, 0.2) is 5.96 Å². The quantitative estimate of drug-likeness (QED) is 0.409. The summed E-state index contributed by atoms with van der Waals surface area (Å²) < 4.78 is 5.52. The number of carbonyl (C=O) groups excluding carboxylic acids is 1. The average Bonchev–Trinajstić information content (AvgIpc) is 3.07. The second-order valence-electron chi connectivity index (χ2n) is 6.13. The van der Waals surface area contributed by atoms with Gasteiger partial charge in [0.1, 0.15) is 0 Å². The minimum absolute atomic E-state index is 0.219. The van der Waals surface area contributed by atoms with Gasteiger partial charge >= 0.3 is 0 Å². The third-order valence-electron chi connectivity index (χ3n) is 4.19. The molecular formula is C19H30N4O2. The summed E-state index contributed by atoms with van der Waals surface area (Å²) in [4.78, 5) is 17.8. The Labute approximate surface area is 150 Å². The lowest BCUT2D eigenvalue weighted by molar-refractivity contribution is -0.117. The molecule has 25 heavy (non-hydrogen) atoms. The van der Waals surface area contributed by atoms with E-state index in [9.17, 15) is 4.79 Å². The van der Waals surface area contributed by atoms with E-state index in [0.717, 1.165) is 56.2 Å². The molecular weight excluding hydrogens is 316 g/mol. The first-order valence-electron chi connectivity index (χ1n) is 9.16. The number of unbranched alkanes of at least 4 members (excludes halogenated alkanes) is 1. The molecule has 1 aromatic carbocycles. The fraction of sp³-hybridized carbons (Fsp3) is 0.579. The summed E-state index contributed by atoms with van der Waals surface area (Å²) in [5.74, 6) is 0.981. The summed E-state index contributed by atoms with van der Waals surface area (Å²) in [6.45, 7) is 5.90. The summed E-state index contributed by atoms with van der Waals surface area (Å²) in [6, 6.07) is 8.13. The van der Waals surface area contributed by atoms with Crippen LogP contribution in [0.5, 0.6) is 0 Å². The average molecular weight is 346 g/mol. The molecule has 0 aliphatic carbocycles. The Morgan fingerprint density at radius 1 is 1.24 bits per heavy atom. The van der Waals surface area contributed by atoms with Gasteiger partial charge in [-0.2, -0.15) is 0 Å². The standard InChI is InChI=1S/C19H30N4O2/c1-3-4-13-25-14-11-21-19(20-2)22-15-16-7-9-17(10-8-16)23-12-5-6-18(23)24/h7-10H,3-6,11-15H2,1-2H3,(H2,20,21,22). The van der Waals surface area contributed by atoms with E-state index in [0.29, 0.717) is 19.6 Å². The van der Waals surface area contributed by atoms with E-state index in [1.807, 2.05) is 17.0 Å². The van der Waals surface area contributed by atoms with Crippen LogP contribution in [0.1, 0.15) is 38.2 Å². The maximum absolute atomic E-state index is 11.8. The van der Waals surface area contributed by atoms with E-state index in [2.05, 4.69) is 34.7 Å². The molecule has 1 aliphatic heterocycles. The van der Waals surface area contributed by atoms with Gasteiger partial charge < -0.3 is 20.3 Å². The summed E-state index contributed by atoms with van der Waals surface area (Å²) in [5, 5.41) is 6.53.